The van der Waals surface area contributed by atoms with Gasteiger partial charge in [-0.25, -0.2) is 0 Å². The van der Waals surface area contributed by atoms with E-state index in [0.717, 1.165) is 0 Å². The van der Waals surface area contributed by atoms with Crippen LogP contribution < -0.4 is 5.09 Å². The van der Waals surface area contributed by atoms with Crippen molar-refractivity contribution < 1.29 is 0 Å². The summed E-state index contributed by atoms with van der Waals surface area (Å²) in [5.41, 5.74) is 2.41. The lowest BCUT2D eigenvalue weighted by atomic mass is 10.1. The molecule has 0 fully saturated rings. The first-order valence-electron chi connectivity index (χ1n) is 6.51. The monoisotopic (exact) mass is 267 g/mol. The zero-order valence-corrected chi connectivity index (χ0v) is 14.0. The molecule has 0 amide bonds. The summed E-state index contributed by atoms with van der Waals surface area (Å²) in [7, 11) is 4.17. The Bertz CT molecular complexity index is 278. The van der Waals surface area contributed by atoms with Crippen LogP contribution >= 0.6 is 9.39 Å². The zero-order valence-electron chi connectivity index (χ0n) is 12.8. The van der Waals surface area contributed by atoms with Crippen LogP contribution in [0.15, 0.2) is 49.1 Å². The predicted molar refractivity (Wildman–Crippen MR) is 91.8 cm³/mol. The molecule has 1 aromatic carbocycles. The maximum Gasteiger partial charge on any atom is -0.0130 e. The van der Waals surface area contributed by atoms with Crippen LogP contribution in [0.5, 0.6) is 0 Å². The van der Waals surface area contributed by atoms with Gasteiger partial charge in [-0.1, -0.05) is 86.1 Å². The fraction of sp³-hybridized carbons (Fsp3) is 0.375. The molecule has 1 rings (SSSR count). The van der Waals surface area contributed by atoms with Crippen LogP contribution in [0.2, 0.25) is 0 Å². The second-order valence-corrected chi connectivity index (χ2v) is 3.18. The summed E-state index contributed by atoms with van der Waals surface area (Å²) in [5, 5.41) is 2.67. The standard InChI is InChI=1S/C11H12.2C2H6.CH6NP/c1-3-10(4-2)11-8-6-5-7-9-11;2*1-2;1-2-3/h3-9H,1H2,2H3;2*1-2H3;2H,3H2,1H3/b10-4+;;;. The second-order valence-electron chi connectivity index (χ2n) is 2.60. The number of rotatable bonds is 2. The Hall–Kier alpha value is -0.910. The van der Waals surface area contributed by atoms with Gasteiger partial charge in [0, 0.05) is 0 Å². The zero-order chi connectivity index (χ0) is 14.8. The molecule has 0 heterocycles. The van der Waals surface area contributed by atoms with E-state index in [1.165, 1.54) is 11.1 Å². The molecular weight excluding hydrogens is 237 g/mol. The van der Waals surface area contributed by atoms with Gasteiger partial charge in [-0.3, -0.25) is 0 Å². The van der Waals surface area contributed by atoms with Gasteiger partial charge < -0.3 is 5.09 Å². The number of allylic oxidation sites excluding steroid dienone is 3. The maximum atomic E-state index is 3.74. The minimum atomic E-state index is 1.19. The summed E-state index contributed by atoms with van der Waals surface area (Å²) in [4.78, 5) is 0. The van der Waals surface area contributed by atoms with Gasteiger partial charge in [0.1, 0.15) is 0 Å². The summed E-state index contributed by atoms with van der Waals surface area (Å²) >= 11 is 0. The van der Waals surface area contributed by atoms with Crippen molar-refractivity contribution in [2.24, 2.45) is 0 Å². The van der Waals surface area contributed by atoms with Gasteiger partial charge in [0.15, 0.2) is 0 Å². The van der Waals surface area contributed by atoms with Gasteiger partial charge in [-0.15, -0.1) is 0 Å². The highest BCUT2D eigenvalue weighted by Gasteiger charge is 1.91. The van der Waals surface area contributed by atoms with E-state index in [1.54, 1.807) is 0 Å². The Morgan fingerprint density at radius 2 is 1.50 bits per heavy atom. The van der Waals surface area contributed by atoms with Crippen LogP contribution in [0.1, 0.15) is 40.2 Å². The molecule has 2 heteroatoms. The summed E-state index contributed by atoms with van der Waals surface area (Å²) in [5.74, 6) is 0. The molecule has 1 atom stereocenters. The second kappa shape index (κ2) is 21.4. The lowest BCUT2D eigenvalue weighted by molar-refractivity contribution is 1.30. The Kier molecular flexibility index (Phi) is 26.5. The van der Waals surface area contributed by atoms with Crippen molar-refractivity contribution in [1.29, 1.82) is 0 Å². The molecule has 104 valence electrons. The fourth-order valence-corrected chi connectivity index (χ4v) is 1.03. The summed E-state index contributed by atoms with van der Waals surface area (Å²) < 4.78 is 0. The summed E-state index contributed by atoms with van der Waals surface area (Å²) in [6.45, 7) is 13.8. The molecule has 0 saturated carbocycles. The predicted octanol–water partition coefficient (Wildman–Crippen LogP) is 5.32. The highest BCUT2D eigenvalue weighted by molar-refractivity contribution is 7.13. The molecule has 0 aliphatic heterocycles. The number of benzene rings is 1. The van der Waals surface area contributed by atoms with Gasteiger partial charge in [-0.05, 0) is 25.1 Å². The molecule has 1 N–H and O–H groups in total. The fourth-order valence-electron chi connectivity index (χ4n) is 1.03. The van der Waals surface area contributed by atoms with E-state index < -0.39 is 0 Å². The van der Waals surface area contributed by atoms with E-state index in [2.05, 4.69) is 39.3 Å². The van der Waals surface area contributed by atoms with Crippen molar-refractivity contribution in [2.45, 2.75) is 34.6 Å². The molecule has 0 spiro atoms. The van der Waals surface area contributed by atoms with E-state index in [4.69, 9.17) is 0 Å². The van der Waals surface area contributed by atoms with Gasteiger partial charge in [0.2, 0.25) is 0 Å². The quantitative estimate of drug-likeness (QED) is 0.564. The highest BCUT2D eigenvalue weighted by atomic mass is 31.0. The van der Waals surface area contributed by atoms with Crippen molar-refractivity contribution in [3.05, 3.63) is 54.6 Å². The van der Waals surface area contributed by atoms with Crippen molar-refractivity contribution in [1.82, 2.24) is 5.09 Å². The largest absolute Gasteiger partial charge is 0.304 e. The van der Waals surface area contributed by atoms with E-state index >= 15 is 0 Å². The lowest BCUT2D eigenvalue weighted by Gasteiger charge is -1.98. The van der Waals surface area contributed by atoms with Crippen LogP contribution in [0, 0.1) is 0 Å². The smallest absolute Gasteiger partial charge is 0.0130 e. The Balaban J connectivity index is -0.000000274. The first-order valence-corrected chi connectivity index (χ1v) is 7.09. The Morgan fingerprint density at radius 3 is 1.78 bits per heavy atom. The van der Waals surface area contributed by atoms with E-state index in [9.17, 15) is 0 Å². The van der Waals surface area contributed by atoms with Crippen LogP contribution in [0.4, 0.5) is 0 Å². The lowest BCUT2D eigenvalue weighted by Crippen LogP contribution is -1.76. The molecule has 0 saturated heterocycles. The normalized spacial score (nSPS) is 8.50. The molecule has 0 aliphatic rings. The minimum absolute atomic E-state index is 1.19. The first kappa shape index (κ1) is 22.3. The molecule has 1 aromatic rings. The third kappa shape index (κ3) is 13.2. The summed E-state index contributed by atoms with van der Waals surface area (Å²) in [6.07, 6.45) is 3.93. The van der Waals surface area contributed by atoms with E-state index in [1.807, 2.05) is 65.9 Å². The first-order chi connectivity index (χ1) is 8.79. The van der Waals surface area contributed by atoms with E-state index in [0.29, 0.717) is 0 Å². The van der Waals surface area contributed by atoms with Gasteiger partial charge in [-0.2, -0.15) is 0 Å². The number of hydrogen-bond donors (Lipinski definition) is 1. The highest BCUT2D eigenvalue weighted by Crippen LogP contribution is 2.13. The van der Waals surface area contributed by atoms with E-state index in [-0.39, 0.29) is 0 Å². The van der Waals surface area contributed by atoms with Crippen molar-refractivity contribution in [3.8, 4) is 0 Å². The molecule has 0 aliphatic carbocycles. The van der Waals surface area contributed by atoms with Crippen LogP contribution in [-0.4, -0.2) is 7.05 Å². The van der Waals surface area contributed by atoms with Crippen molar-refractivity contribution in [3.63, 3.8) is 0 Å². The third-order valence-electron chi connectivity index (χ3n) is 1.64. The number of nitrogens with one attached hydrogen (secondary N) is 1. The molecule has 0 bridgehead atoms. The third-order valence-corrected chi connectivity index (χ3v) is 1.64. The Morgan fingerprint density at radius 1 is 1.11 bits per heavy atom. The average molecular weight is 267 g/mol. The van der Waals surface area contributed by atoms with Crippen LogP contribution in [-0.2, 0) is 0 Å². The van der Waals surface area contributed by atoms with Crippen molar-refractivity contribution >= 4 is 15.0 Å². The van der Waals surface area contributed by atoms with Gasteiger partial charge in [0.05, 0.1) is 0 Å². The molecule has 18 heavy (non-hydrogen) atoms. The SMILES string of the molecule is C=C/C(=C\C)c1ccccc1.CC.CC.CNP. The minimum Gasteiger partial charge on any atom is -0.304 e. The number of hydrogen-bond acceptors (Lipinski definition) is 1. The molecule has 0 aromatic heterocycles. The topological polar surface area (TPSA) is 12.0 Å². The van der Waals surface area contributed by atoms with Crippen LogP contribution in [0.25, 0.3) is 5.57 Å². The van der Waals surface area contributed by atoms with Gasteiger partial charge >= 0.3 is 0 Å². The Labute approximate surface area is 117 Å². The van der Waals surface area contributed by atoms with Crippen molar-refractivity contribution in [2.75, 3.05) is 7.05 Å². The average Bonchev–Trinajstić information content (AvgIpc) is 2.47. The van der Waals surface area contributed by atoms with Crippen LogP contribution in [0.3, 0.4) is 0 Å². The summed E-state index contributed by atoms with van der Waals surface area (Å²) in [6, 6.07) is 10.2. The molecular formula is C16H30NP. The van der Waals surface area contributed by atoms with Gasteiger partial charge in [0.25, 0.3) is 0 Å². The maximum absolute atomic E-state index is 3.74. The molecule has 1 nitrogen and oxygen atoms in total. The molecule has 0 radical (unpaired) electrons. The molecule has 1 unspecified atom stereocenters.